The van der Waals surface area contributed by atoms with E-state index in [1.165, 1.54) is 0 Å². The molecule has 1 atom stereocenters. The van der Waals surface area contributed by atoms with Crippen molar-refractivity contribution in [3.63, 3.8) is 0 Å². The van der Waals surface area contributed by atoms with Crippen molar-refractivity contribution in [1.29, 1.82) is 0 Å². The van der Waals surface area contributed by atoms with Gasteiger partial charge in [0.05, 0.1) is 12.0 Å². The third kappa shape index (κ3) is 3.49. The van der Waals surface area contributed by atoms with Crippen molar-refractivity contribution in [2.24, 2.45) is 0 Å². The highest BCUT2D eigenvalue weighted by atomic mass is 35.5. The summed E-state index contributed by atoms with van der Waals surface area (Å²) < 4.78 is 5.67. The molecule has 94 valence electrons. The molecule has 0 aliphatic heterocycles. The van der Waals surface area contributed by atoms with Crippen LogP contribution in [0.1, 0.15) is 17.2 Å². The lowest BCUT2D eigenvalue weighted by Crippen LogP contribution is -2.00. The second kappa shape index (κ2) is 6.43. The summed E-state index contributed by atoms with van der Waals surface area (Å²) in [5.74, 6) is 0.919. The zero-order chi connectivity index (χ0) is 12.8. The van der Waals surface area contributed by atoms with Crippen LogP contribution in [0.15, 0.2) is 54.6 Å². The van der Waals surface area contributed by atoms with E-state index >= 15 is 0 Å². The van der Waals surface area contributed by atoms with Crippen LogP contribution in [0.4, 0.5) is 0 Å². The van der Waals surface area contributed by atoms with Crippen LogP contribution in [0, 0.1) is 0 Å². The molecule has 2 rings (SSSR count). The van der Waals surface area contributed by atoms with Gasteiger partial charge in [-0.25, -0.2) is 0 Å². The predicted octanol–water partition coefficient (Wildman–Crippen LogP) is 3.54. The molecule has 0 radical (unpaired) electrons. The van der Waals surface area contributed by atoms with Gasteiger partial charge in [-0.3, -0.25) is 0 Å². The van der Waals surface area contributed by atoms with Gasteiger partial charge in [0.2, 0.25) is 0 Å². The van der Waals surface area contributed by atoms with Crippen molar-refractivity contribution in [3.05, 3.63) is 65.7 Å². The lowest BCUT2D eigenvalue weighted by molar-refractivity contribution is 0.201. The molecule has 0 fully saturated rings. The minimum Gasteiger partial charge on any atom is -0.489 e. The molecule has 0 aliphatic carbocycles. The van der Waals surface area contributed by atoms with Gasteiger partial charge >= 0.3 is 0 Å². The van der Waals surface area contributed by atoms with Gasteiger partial charge in [0.1, 0.15) is 12.4 Å². The van der Waals surface area contributed by atoms with Crippen molar-refractivity contribution >= 4 is 11.6 Å². The summed E-state index contributed by atoms with van der Waals surface area (Å²) in [6, 6.07) is 17.3. The molecule has 0 aliphatic rings. The fraction of sp³-hybridized carbons (Fsp3) is 0.200. The van der Waals surface area contributed by atoms with Gasteiger partial charge in [0.15, 0.2) is 0 Å². The number of rotatable bonds is 5. The Bertz CT molecular complexity index is 485. The minimum absolute atomic E-state index is 0.183. The summed E-state index contributed by atoms with van der Waals surface area (Å²) in [7, 11) is 0. The van der Waals surface area contributed by atoms with Crippen LogP contribution < -0.4 is 4.74 Å². The maximum atomic E-state index is 9.65. The van der Waals surface area contributed by atoms with E-state index in [-0.39, 0.29) is 5.88 Å². The normalized spacial score (nSPS) is 12.1. The Hall–Kier alpha value is -1.51. The molecule has 2 aromatic carbocycles. The molecule has 0 unspecified atom stereocenters. The molecule has 2 nitrogen and oxygen atoms in total. The van der Waals surface area contributed by atoms with E-state index < -0.39 is 6.10 Å². The van der Waals surface area contributed by atoms with E-state index in [9.17, 15) is 5.11 Å². The SMILES string of the molecule is O[C@H](CCl)c1cccc(OCc2ccccc2)c1. The fourth-order valence-corrected chi connectivity index (χ4v) is 1.82. The standard InChI is InChI=1S/C15H15ClO2/c16-10-15(17)13-7-4-8-14(9-13)18-11-12-5-2-1-3-6-12/h1-9,15,17H,10-11H2/t15-/m1/s1. The third-order valence-electron chi connectivity index (χ3n) is 2.64. The van der Waals surface area contributed by atoms with Crippen LogP contribution in [0.2, 0.25) is 0 Å². The van der Waals surface area contributed by atoms with Gasteiger partial charge in [-0.2, -0.15) is 0 Å². The number of benzene rings is 2. The van der Waals surface area contributed by atoms with E-state index in [0.29, 0.717) is 6.61 Å². The number of hydrogen-bond acceptors (Lipinski definition) is 2. The first-order valence-corrected chi connectivity index (χ1v) is 6.34. The molecule has 18 heavy (non-hydrogen) atoms. The monoisotopic (exact) mass is 262 g/mol. The first kappa shape index (κ1) is 12.9. The van der Waals surface area contributed by atoms with Gasteiger partial charge < -0.3 is 9.84 Å². The summed E-state index contributed by atoms with van der Waals surface area (Å²) >= 11 is 5.62. The molecule has 0 bridgehead atoms. The van der Waals surface area contributed by atoms with Gasteiger partial charge in [-0.1, -0.05) is 42.5 Å². The zero-order valence-corrected chi connectivity index (χ0v) is 10.7. The van der Waals surface area contributed by atoms with Gasteiger partial charge in [0.25, 0.3) is 0 Å². The molecular weight excluding hydrogens is 248 g/mol. The number of hydrogen-bond donors (Lipinski definition) is 1. The summed E-state index contributed by atoms with van der Waals surface area (Å²) in [4.78, 5) is 0. The first-order chi connectivity index (χ1) is 8.79. The van der Waals surface area contributed by atoms with E-state index in [1.54, 1.807) is 0 Å². The lowest BCUT2D eigenvalue weighted by Gasteiger charge is -2.10. The molecule has 1 N–H and O–H groups in total. The Kier molecular flexibility index (Phi) is 4.62. The topological polar surface area (TPSA) is 29.5 Å². The molecule has 0 amide bonds. The third-order valence-corrected chi connectivity index (χ3v) is 2.93. The molecule has 0 aromatic heterocycles. The van der Waals surface area contributed by atoms with E-state index in [0.717, 1.165) is 16.9 Å². The summed E-state index contributed by atoms with van der Waals surface area (Å²) in [6.07, 6.45) is -0.646. The summed E-state index contributed by atoms with van der Waals surface area (Å²) in [5.41, 5.74) is 1.89. The Morgan fingerprint density at radius 2 is 1.83 bits per heavy atom. The fourth-order valence-electron chi connectivity index (χ4n) is 1.64. The van der Waals surface area contributed by atoms with Crippen molar-refractivity contribution in [2.45, 2.75) is 12.7 Å². The minimum atomic E-state index is -0.646. The Morgan fingerprint density at radius 1 is 1.06 bits per heavy atom. The van der Waals surface area contributed by atoms with Gasteiger partial charge in [0, 0.05) is 0 Å². The lowest BCUT2D eigenvalue weighted by atomic mass is 10.1. The number of aliphatic hydroxyl groups excluding tert-OH is 1. The molecule has 0 heterocycles. The van der Waals surface area contributed by atoms with Crippen molar-refractivity contribution in [2.75, 3.05) is 5.88 Å². The quantitative estimate of drug-likeness (QED) is 0.836. The first-order valence-electron chi connectivity index (χ1n) is 5.80. The van der Waals surface area contributed by atoms with Crippen LogP contribution in [0.5, 0.6) is 5.75 Å². The van der Waals surface area contributed by atoms with Gasteiger partial charge in [-0.15, -0.1) is 11.6 Å². The van der Waals surface area contributed by atoms with Crippen LogP contribution in [-0.4, -0.2) is 11.0 Å². The maximum absolute atomic E-state index is 9.65. The van der Waals surface area contributed by atoms with Crippen LogP contribution in [-0.2, 0) is 6.61 Å². The predicted molar refractivity (Wildman–Crippen MR) is 72.9 cm³/mol. The zero-order valence-electron chi connectivity index (χ0n) is 9.92. The Labute approximate surface area is 112 Å². The average molecular weight is 263 g/mol. The van der Waals surface area contributed by atoms with Gasteiger partial charge in [-0.05, 0) is 23.3 Å². The number of alkyl halides is 1. The smallest absolute Gasteiger partial charge is 0.120 e. The van der Waals surface area contributed by atoms with Crippen LogP contribution in [0.3, 0.4) is 0 Å². The molecular formula is C15H15ClO2. The van der Waals surface area contributed by atoms with Crippen molar-refractivity contribution in [1.82, 2.24) is 0 Å². The molecule has 2 aromatic rings. The molecule has 3 heteroatoms. The highest BCUT2D eigenvalue weighted by molar-refractivity contribution is 6.18. The largest absolute Gasteiger partial charge is 0.489 e. The average Bonchev–Trinajstić information content (AvgIpc) is 2.45. The molecule has 0 saturated carbocycles. The van der Waals surface area contributed by atoms with Crippen LogP contribution in [0.25, 0.3) is 0 Å². The number of aliphatic hydroxyl groups is 1. The Morgan fingerprint density at radius 3 is 2.56 bits per heavy atom. The van der Waals surface area contributed by atoms with Crippen LogP contribution >= 0.6 is 11.6 Å². The molecule has 0 saturated heterocycles. The second-order valence-corrected chi connectivity index (χ2v) is 4.33. The van der Waals surface area contributed by atoms with E-state index in [4.69, 9.17) is 16.3 Å². The van der Waals surface area contributed by atoms with Crippen molar-refractivity contribution in [3.8, 4) is 5.75 Å². The Balaban J connectivity index is 2.01. The highest BCUT2D eigenvalue weighted by Gasteiger charge is 2.06. The number of halogens is 1. The van der Waals surface area contributed by atoms with E-state index in [2.05, 4.69) is 0 Å². The number of ether oxygens (including phenoxy) is 1. The highest BCUT2D eigenvalue weighted by Crippen LogP contribution is 2.20. The van der Waals surface area contributed by atoms with E-state index in [1.807, 2.05) is 54.6 Å². The molecule has 0 spiro atoms. The maximum Gasteiger partial charge on any atom is 0.120 e. The second-order valence-electron chi connectivity index (χ2n) is 4.02. The summed E-state index contributed by atoms with van der Waals surface area (Å²) in [5, 5.41) is 9.65. The summed E-state index contributed by atoms with van der Waals surface area (Å²) in [6.45, 7) is 0.515. The van der Waals surface area contributed by atoms with Crippen molar-refractivity contribution < 1.29 is 9.84 Å².